The Morgan fingerprint density at radius 1 is 1.33 bits per heavy atom. The number of nitrogens with zero attached hydrogens (tertiary/aromatic N) is 3. The number of nitrogens with one attached hydrogen (secondary N) is 1. The quantitative estimate of drug-likeness (QED) is 0.751. The molecular weight excluding hydrogens is 332 g/mol. The minimum atomic E-state index is -1.16. The molecule has 1 aliphatic rings. The van der Waals surface area contributed by atoms with E-state index in [0.717, 1.165) is 17.9 Å². The summed E-state index contributed by atoms with van der Waals surface area (Å²) < 4.78 is 1.52. The standard InChI is InChI=1S/C15H18N4O4S/c20-10-6-11(24-9-4-2-1-3-5-9)19-14(17-8-18-19)13(10)15(23)16-7-12(21)22/h6,8-9,20H,1-5,7H2,(H,16,23)(H,21,22). The number of hydrogen-bond acceptors (Lipinski definition) is 6. The molecule has 0 aliphatic heterocycles. The molecule has 1 fully saturated rings. The minimum Gasteiger partial charge on any atom is -0.507 e. The third kappa shape index (κ3) is 3.45. The van der Waals surface area contributed by atoms with E-state index in [0.29, 0.717) is 5.25 Å². The van der Waals surface area contributed by atoms with E-state index in [2.05, 4.69) is 15.4 Å². The predicted molar refractivity (Wildman–Crippen MR) is 87.4 cm³/mol. The fourth-order valence-electron chi connectivity index (χ4n) is 2.84. The molecule has 0 unspecified atom stereocenters. The Bertz CT molecular complexity index is 770. The molecule has 0 radical (unpaired) electrons. The molecule has 2 aromatic rings. The highest BCUT2D eigenvalue weighted by molar-refractivity contribution is 7.99. The summed E-state index contributed by atoms with van der Waals surface area (Å²) in [5.74, 6) is -2.08. The second kappa shape index (κ2) is 7.08. The van der Waals surface area contributed by atoms with Crippen molar-refractivity contribution in [2.24, 2.45) is 0 Å². The van der Waals surface area contributed by atoms with Crippen LogP contribution in [0.5, 0.6) is 5.75 Å². The molecule has 9 heteroatoms. The van der Waals surface area contributed by atoms with Crippen molar-refractivity contribution in [3.8, 4) is 5.75 Å². The van der Waals surface area contributed by atoms with Gasteiger partial charge in [-0.3, -0.25) is 9.59 Å². The van der Waals surface area contributed by atoms with Gasteiger partial charge in [0.15, 0.2) is 5.65 Å². The van der Waals surface area contributed by atoms with E-state index in [1.807, 2.05) is 0 Å². The summed E-state index contributed by atoms with van der Waals surface area (Å²) >= 11 is 1.63. The number of carboxylic acids is 1. The van der Waals surface area contributed by atoms with Gasteiger partial charge in [0.05, 0.1) is 0 Å². The Hall–Kier alpha value is -2.29. The van der Waals surface area contributed by atoms with Crippen LogP contribution in [0.15, 0.2) is 17.4 Å². The summed E-state index contributed by atoms with van der Waals surface area (Å²) in [7, 11) is 0. The second-order valence-electron chi connectivity index (χ2n) is 5.69. The summed E-state index contributed by atoms with van der Waals surface area (Å²) in [5, 5.41) is 26.5. The molecule has 128 valence electrons. The number of carbonyl (C=O) groups excluding carboxylic acids is 1. The largest absolute Gasteiger partial charge is 0.507 e. The van der Waals surface area contributed by atoms with Gasteiger partial charge in [0.25, 0.3) is 5.91 Å². The number of hydrogen-bond donors (Lipinski definition) is 3. The molecule has 1 aliphatic carbocycles. The van der Waals surface area contributed by atoms with Crippen molar-refractivity contribution in [3.05, 3.63) is 18.0 Å². The molecule has 8 nitrogen and oxygen atoms in total. The van der Waals surface area contributed by atoms with Crippen LogP contribution in [0.2, 0.25) is 0 Å². The van der Waals surface area contributed by atoms with Crippen LogP contribution in [-0.2, 0) is 4.79 Å². The SMILES string of the molecule is O=C(O)CNC(=O)c1c(O)cc(SC2CCCCC2)n2ncnc12. The van der Waals surface area contributed by atoms with Crippen molar-refractivity contribution in [1.29, 1.82) is 0 Å². The van der Waals surface area contributed by atoms with E-state index < -0.39 is 18.4 Å². The topological polar surface area (TPSA) is 117 Å². The maximum absolute atomic E-state index is 12.2. The van der Waals surface area contributed by atoms with Crippen molar-refractivity contribution in [3.63, 3.8) is 0 Å². The van der Waals surface area contributed by atoms with Gasteiger partial charge in [0, 0.05) is 11.3 Å². The van der Waals surface area contributed by atoms with Crippen molar-refractivity contribution >= 4 is 29.3 Å². The fraction of sp³-hybridized carbons (Fsp3) is 0.467. The number of thioether (sulfide) groups is 1. The number of carboxylic acid groups (broad SMARTS) is 1. The zero-order valence-corrected chi connectivity index (χ0v) is 13.8. The van der Waals surface area contributed by atoms with E-state index in [-0.39, 0.29) is 17.0 Å². The van der Waals surface area contributed by atoms with Crippen molar-refractivity contribution in [2.45, 2.75) is 42.4 Å². The monoisotopic (exact) mass is 350 g/mol. The molecule has 2 heterocycles. The predicted octanol–water partition coefficient (Wildman–Crippen LogP) is 1.67. The number of fused-ring (bicyclic) bond motifs is 1. The molecule has 0 atom stereocenters. The minimum absolute atomic E-state index is 0.0678. The lowest BCUT2D eigenvalue weighted by atomic mass is 10.0. The van der Waals surface area contributed by atoms with E-state index >= 15 is 0 Å². The van der Waals surface area contributed by atoms with Gasteiger partial charge in [0.2, 0.25) is 0 Å². The Labute approximate surface area is 142 Å². The number of aliphatic carboxylic acids is 1. The highest BCUT2D eigenvalue weighted by Crippen LogP contribution is 2.36. The number of pyridine rings is 1. The van der Waals surface area contributed by atoms with Crippen molar-refractivity contribution in [2.75, 3.05) is 6.54 Å². The summed E-state index contributed by atoms with van der Waals surface area (Å²) in [5.41, 5.74) is 0.151. The number of aromatic hydroxyl groups is 1. The molecule has 0 aromatic carbocycles. The average Bonchev–Trinajstić information content (AvgIpc) is 3.03. The van der Waals surface area contributed by atoms with E-state index in [4.69, 9.17) is 5.11 Å². The second-order valence-corrected chi connectivity index (χ2v) is 7.01. The first kappa shape index (κ1) is 16.6. The molecule has 1 amide bonds. The Kier molecular flexibility index (Phi) is 4.89. The lowest BCUT2D eigenvalue weighted by molar-refractivity contribution is -0.135. The molecule has 24 heavy (non-hydrogen) atoms. The van der Waals surface area contributed by atoms with Gasteiger partial charge in [-0.1, -0.05) is 19.3 Å². The smallest absolute Gasteiger partial charge is 0.322 e. The number of carbonyl (C=O) groups is 2. The lowest BCUT2D eigenvalue weighted by Crippen LogP contribution is -2.29. The van der Waals surface area contributed by atoms with Crippen LogP contribution in [0, 0.1) is 0 Å². The fourth-order valence-corrected chi connectivity index (χ4v) is 4.16. The first-order valence-corrected chi connectivity index (χ1v) is 8.66. The van der Waals surface area contributed by atoms with Crippen molar-refractivity contribution < 1.29 is 19.8 Å². The summed E-state index contributed by atoms with van der Waals surface area (Å²) in [6.07, 6.45) is 7.18. The molecule has 1 saturated carbocycles. The molecule has 0 spiro atoms. The molecule has 0 saturated heterocycles. The third-order valence-electron chi connectivity index (χ3n) is 3.96. The van der Waals surface area contributed by atoms with Crippen molar-refractivity contribution in [1.82, 2.24) is 19.9 Å². The number of aromatic nitrogens is 3. The van der Waals surface area contributed by atoms with Gasteiger partial charge in [-0.25, -0.2) is 9.50 Å². The molecule has 2 aromatic heterocycles. The normalized spacial score (nSPS) is 15.5. The van der Waals surface area contributed by atoms with Gasteiger partial charge >= 0.3 is 5.97 Å². The van der Waals surface area contributed by atoms with Crippen LogP contribution in [0.3, 0.4) is 0 Å². The maximum Gasteiger partial charge on any atom is 0.322 e. The number of amides is 1. The van der Waals surface area contributed by atoms with Crippen LogP contribution in [0.4, 0.5) is 0 Å². The van der Waals surface area contributed by atoms with Crippen LogP contribution >= 0.6 is 11.8 Å². The lowest BCUT2D eigenvalue weighted by Gasteiger charge is -2.21. The third-order valence-corrected chi connectivity index (χ3v) is 5.30. The zero-order valence-electron chi connectivity index (χ0n) is 12.9. The highest BCUT2D eigenvalue weighted by Gasteiger charge is 2.23. The van der Waals surface area contributed by atoms with Crippen LogP contribution in [-0.4, -0.2) is 48.5 Å². The van der Waals surface area contributed by atoms with E-state index in [1.165, 1.54) is 36.2 Å². The van der Waals surface area contributed by atoms with Gasteiger partial charge in [0.1, 0.15) is 29.2 Å². The maximum atomic E-state index is 12.2. The molecule has 3 N–H and O–H groups in total. The van der Waals surface area contributed by atoms with Crippen LogP contribution in [0.25, 0.3) is 5.65 Å². The number of rotatable bonds is 5. The molecule has 3 rings (SSSR count). The first-order valence-electron chi connectivity index (χ1n) is 7.78. The summed E-state index contributed by atoms with van der Waals surface area (Å²) in [6, 6.07) is 1.50. The van der Waals surface area contributed by atoms with Gasteiger partial charge in [-0.15, -0.1) is 11.8 Å². The van der Waals surface area contributed by atoms with Crippen LogP contribution < -0.4 is 5.32 Å². The Morgan fingerprint density at radius 3 is 2.79 bits per heavy atom. The van der Waals surface area contributed by atoms with E-state index in [9.17, 15) is 14.7 Å². The van der Waals surface area contributed by atoms with Gasteiger partial charge in [-0.05, 0) is 12.8 Å². The Balaban J connectivity index is 1.91. The average molecular weight is 350 g/mol. The molecule has 0 bridgehead atoms. The summed E-state index contributed by atoms with van der Waals surface area (Å²) in [4.78, 5) is 26.8. The van der Waals surface area contributed by atoms with E-state index in [1.54, 1.807) is 11.8 Å². The van der Waals surface area contributed by atoms with Crippen LogP contribution in [0.1, 0.15) is 42.5 Å². The zero-order chi connectivity index (χ0) is 17.1. The highest BCUT2D eigenvalue weighted by atomic mass is 32.2. The summed E-state index contributed by atoms with van der Waals surface area (Å²) in [6.45, 7) is -0.531. The van der Waals surface area contributed by atoms with Gasteiger partial charge < -0.3 is 15.5 Å². The van der Waals surface area contributed by atoms with Gasteiger partial charge in [-0.2, -0.15) is 5.10 Å². The Morgan fingerprint density at radius 2 is 2.08 bits per heavy atom. The first-order chi connectivity index (χ1) is 11.6. The molecular formula is C15H18N4O4S.